The van der Waals surface area contributed by atoms with E-state index < -0.39 is 11.6 Å². The highest BCUT2D eigenvalue weighted by atomic mass is 32.1. The molecule has 1 aromatic carbocycles. The van der Waals surface area contributed by atoms with Crippen LogP contribution in [0.4, 0.5) is 14.5 Å². The van der Waals surface area contributed by atoms with Gasteiger partial charge in [0, 0.05) is 42.5 Å². The van der Waals surface area contributed by atoms with Gasteiger partial charge >= 0.3 is 0 Å². The highest BCUT2D eigenvalue weighted by Gasteiger charge is 2.22. The van der Waals surface area contributed by atoms with Crippen LogP contribution in [0.1, 0.15) is 24.2 Å². The van der Waals surface area contributed by atoms with Crippen LogP contribution in [0.5, 0.6) is 0 Å². The molecule has 1 aliphatic heterocycles. The molecule has 0 amide bonds. The summed E-state index contributed by atoms with van der Waals surface area (Å²) in [7, 11) is 0. The number of fused-ring (bicyclic) bond motifs is 1. The van der Waals surface area contributed by atoms with E-state index in [0.29, 0.717) is 5.69 Å². The van der Waals surface area contributed by atoms with Crippen LogP contribution in [0.3, 0.4) is 0 Å². The minimum absolute atomic E-state index is 0.227. The molecule has 25 heavy (non-hydrogen) atoms. The number of hydrogen-bond donors (Lipinski definition) is 1. The Hall–Kier alpha value is -1.99. The van der Waals surface area contributed by atoms with Gasteiger partial charge in [0.25, 0.3) is 0 Å². The molecule has 1 saturated heterocycles. The van der Waals surface area contributed by atoms with E-state index in [-0.39, 0.29) is 6.04 Å². The molecule has 4 rings (SSSR count). The average molecular weight is 362 g/mol. The van der Waals surface area contributed by atoms with E-state index in [1.165, 1.54) is 17.8 Å². The SMILES string of the molecule is Cc1nc2sccn2c1CN1CCCC(Nc2ccc(F)c(F)c2)C1. The standard InChI is InChI=1S/C18H20F2N4S/c1-12-17(24-7-8-25-18(24)21-12)11-23-6-2-3-14(10-23)22-13-4-5-15(19)16(20)9-13/h4-5,7-9,14,22H,2-3,6,10-11H2,1H3. The molecule has 1 aliphatic rings. The largest absolute Gasteiger partial charge is 0.381 e. The number of hydrogen-bond acceptors (Lipinski definition) is 4. The first-order valence-corrected chi connectivity index (χ1v) is 9.33. The van der Waals surface area contributed by atoms with E-state index >= 15 is 0 Å². The monoisotopic (exact) mass is 362 g/mol. The lowest BCUT2D eigenvalue weighted by Gasteiger charge is -2.33. The number of aryl methyl sites for hydroxylation is 1. The van der Waals surface area contributed by atoms with Crippen LogP contribution >= 0.6 is 11.3 Å². The third-order valence-corrected chi connectivity index (χ3v) is 5.49. The van der Waals surface area contributed by atoms with Crippen LogP contribution in [-0.4, -0.2) is 33.4 Å². The summed E-state index contributed by atoms with van der Waals surface area (Å²) >= 11 is 1.64. The Morgan fingerprint density at radius 1 is 1.32 bits per heavy atom. The maximum atomic E-state index is 13.4. The van der Waals surface area contributed by atoms with Gasteiger partial charge in [-0.1, -0.05) is 0 Å². The summed E-state index contributed by atoms with van der Waals surface area (Å²) in [4.78, 5) is 8.03. The van der Waals surface area contributed by atoms with Crippen molar-refractivity contribution in [3.8, 4) is 0 Å². The highest BCUT2D eigenvalue weighted by Crippen LogP contribution is 2.22. The first-order valence-electron chi connectivity index (χ1n) is 8.45. The van der Waals surface area contributed by atoms with Gasteiger partial charge in [0.05, 0.1) is 11.4 Å². The molecule has 1 fully saturated rings. The number of anilines is 1. The normalized spacial score (nSPS) is 18.8. The van der Waals surface area contributed by atoms with Crippen molar-refractivity contribution in [2.45, 2.75) is 32.4 Å². The van der Waals surface area contributed by atoms with Gasteiger partial charge in [-0.3, -0.25) is 9.30 Å². The molecular formula is C18H20F2N4S. The molecule has 0 radical (unpaired) electrons. The van der Waals surface area contributed by atoms with Gasteiger partial charge in [0.2, 0.25) is 0 Å². The minimum Gasteiger partial charge on any atom is -0.381 e. The summed E-state index contributed by atoms with van der Waals surface area (Å²) in [6, 6.07) is 4.21. The molecule has 4 nitrogen and oxygen atoms in total. The summed E-state index contributed by atoms with van der Waals surface area (Å²) in [6.45, 7) is 4.80. The zero-order valence-corrected chi connectivity index (χ0v) is 14.8. The van der Waals surface area contributed by atoms with Crippen LogP contribution in [-0.2, 0) is 6.54 Å². The van der Waals surface area contributed by atoms with Crippen molar-refractivity contribution in [1.29, 1.82) is 0 Å². The maximum absolute atomic E-state index is 13.4. The Bertz CT molecular complexity index is 888. The second-order valence-electron chi connectivity index (χ2n) is 6.55. The number of piperidine rings is 1. The topological polar surface area (TPSA) is 32.6 Å². The van der Waals surface area contributed by atoms with Gasteiger partial charge < -0.3 is 5.32 Å². The summed E-state index contributed by atoms with van der Waals surface area (Å²) in [5.41, 5.74) is 2.93. The third kappa shape index (κ3) is 3.39. The highest BCUT2D eigenvalue weighted by molar-refractivity contribution is 7.15. The van der Waals surface area contributed by atoms with Crippen LogP contribution in [0.2, 0.25) is 0 Å². The van der Waals surface area contributed by atoms with E-state index in [2.05, 4.69) is 38.1 Å². The zero-order chi connectivity index (χ0) is 17.4. The van der Waals surface area contributed by atoms with Crippen molar-refractivity contribution in [1.82, 2.24) is 14.3 Å². The van der Waals surface area contributed by atoms with Crippen molar-refractivity contribution in [2.75, 3.05) is 18.4 Å². The van der Waals surface area contributed by atoms with E-state index in [4.69, 9.17) is 0 Å². The number of imidazole rings is 1. The van der Waals surface area contributed by atoms with Crippen LogP contribution in [0.25, 0.3) is 4.96 Å². The molecule has 0 aliphatic carbocycles. The lowest BCUT2D eigenvalue weighted by molar-refractivity contribution is 0.205. The van der Waals surface area contributed by atoms with Crippen molar-refractivity contribution < 1.29 is 8.78 Å². The summed E-state index contributed by atoms with van der Waals surface area (Å²) in [5, 5.41) is 5.39. The van der Waals surface area contributed by atoms with Gasteiger partial charge in [-0.15, -0.1) is 11.3 Å². The molecule has 2 aromatic heterocycles. The number of rotatable bonds is 4. The second kappa shape index (κ2) is 6.72. The Morgan fingerprint density at radius 3 is 3.04 bits per heavy atom. The molecule has 3 aromatic rings. The average Bonchev–Trinajstić information content (AvgIpc) is 3.14. The number of aromatic nitrogens is 2. The lowest BCUT2D eigenvalue weighted by Crippen LogP contribution is -2.41. The van der Waals surface area contributed by atoms with Crippen molar-refractivity contribution >= 4 is 22.0 Å². The van der Waals surface area contributed by atoms with E-state index in [1.807, 2.05) is 0 Å². The van der Waals surface area contributed by atoms with E-state index in [9.17, 15) is 8.78 Å². The summed E-state index contributed by atoms with van der Waals surface area (Å²) in [6.07, 6.45) is 4.16. The Labute approximate surface area is 149 Å². The lowest BCUT2D eigenvalue weighted by atomic mass is 10.0. The number of likely N-dealkylation sites (tertiary alicyclic amines) is 1. The second-order valence-corrected chi connectivity index (χ2v) is 7.42. The molecule has 0 bridgehead atoms. The summed E-state index contributed by atoms with van der Waals surface area (Å²) in [5.74, 6) is -1.63. The van der Waals surface area contributed by atoms with E-state index in [0.717, 1.165) is 43.1 Å². The quantitative estimate of drug-likeness (QED) is 0.760. The number of benzene rings is 1. The Morgan fingerprint density at radius 2 is 2.20 bits per heavy atom. The van der Waals surface area contributed by atoms with Crippen LogP contribution in [0.15, 0.2) is 29.8 Å². The molecule has 3 heterocycles. The molecule has 1 atom stereocenters. The Kier molecular flexibility index (Phi) is 4.43. The smallest absolute Gasteiger partial charge is 0.194 e. The number of thiazole rings is 1. The summed E-state index contributed by atoms with van der Waals surface area (Å²) < 4.78 is 28.6. The van der Waals surface area contributed by atoms with Crippen molar-refractivity contribution in [2.24, 2.45) is 0 Å². The third-order valence-electron chi connectivity index (χ3n) is 4.73. The Balaban J connectivity index is 1.44. The first kappa shape index (κ1) is 16.5. The number of nitrogens with one attached hydrogen (secondary N) is 1. The van der Waals surface area contributed by atoms with Crippen LogP contribution < -0.4 is 5.32 Å². The minimum atomic E-state index is -0.813. The van der Waals surface area contributed by atoms with Gasteiger partial charge in [0.1, 0.15) is 0 Å². The van der Waals surface area contributed by atoms with Gasteiger partial charge in [0.15, 0.2) is 16.6 Å². The molecular weight excluding hydrogens is 342 g/mol. The number of halogens is 2. The fourth-order valence-corrected chi connectivity index (χ4v) is 4.26. The predicted octanol–water partition coefficient (Wildman–Crippen LogP) is 4.06. The van der Waals surface area contributed by atoms with Crippen molar-refractivity contribution in [3.05, 3.63) is 52.8 Å². The van der Waals surface area contributed by atoms with Crippen LogP contribution in [0, 0.1) is 18.6 Å². The fraction of sp³-hybridized carbons (Fsp3) is 0.389. The molecule has 0 saturated carbocycles. The first-order chi connectivity index (χ1) is 12.1. The number of nitrogens with zero attached hydrogens (tertiary/aromatic N) is 3. The fourth-order valence-electron chi connectivity index (χ4n) is 3.48. The maximum Gasteiger partial charge on any atom is 0.194 e. The molecule has 1 N–H and O–H groups in total. The van der Waals surface area contributed by atoms with Gasteiger partial charge in [-0.2, -0.15) is 0 Å². The van der Waals surface area contributed by atoms with Gasteiger partial charge in [-0.25, -0.2) is 13.8 Å². The zero-order valence-electron chi connectivity index (χ0n) is 14.0. The molecule has 0 spiro atoms. The van der Waals surface area contributed by atoms with Crippen molar-refractivity contribution in [3.63, 3.8) is 0 Å². The predicted molar refractivity (Wildman–Crippen MR) is 96.1 cm³/mol. The van der Waals surface area contributed by atoms with E-state index in [1.54, 1.807) is 17.4 Å². The molecule has 1 unspecified atom stereocenters. The molecule has 132 valence electrons. The van der Waals surface area contributed by atoms with Gasteiger partial charge in [-0.05, 0) is 38.4 Å². The molecule has 7 heteroatoms.